The topological polar surface area (TPSA) is 68.3 Å². The van der Waals surface area contributed by atoms with E-state index in [-0.39, 0.29) is 39.5 Å². The molecule has 3 aliphatic carbocycles. The summed E-state index contributed by atoms with van der Waals surface area (Å²) in [6.07, 6.45) is 11.9. The molecule has 4 atom stereocenters. The molecule has 0 saturated heterocycles. The number of ketones is 4. The lowest BCUT2D eigenvalue weighted by atomic mass is 9.43. The van der Waals surface area contributed by atoms with Crippen molar-refractivity contribution in [3.8, 4) is 0 Å². The minimum absolute atomic E-state index is 0.0161. The van der Waals surface area contributed by atoms with Crippen LogP contribution in [-0.4, -0.2) is 23.1 Å². The predicted molar refractivity (Wildman–Crippen MR) is 130 cm³/mol. The third kappa shape index (κ3) is 4.29. The molecule has 0 heterocycles. The fraction of sp³-hybridized carbons (Fsp3) is 0.586. The first-order chi connectivity index (χ1) is 15.2. The lowest BCUT2D eigenvalue weighted by molar-refractivity contribution is -0.154. The number of rotatable bonds is 5. The first-order valence-electron chi connectivity index (χ1n) is 12.1. The van der Waals surface area contributed by atoms with E-state index in [1.807, 2.05) is 19.1 Å². The summed E-state index contributed by atoms with van der Waals surface area (Å²) in [5.74, 6) is 0.781. The standard InChI is InChI=1S/C29H38O4/c1-18(21(31)12-11-20(3)30)9-8-10-19(2)26-22(32)17-24-28(6)16-14-25(33)27(4,5)23(28)13-15-29(24,26)7/h8-12,23-24H,13-17H2,1-7H3/b10-8+,12-11+,18-9+,26-19+/t23-,24-,28-,29-/m0/s1. The first-order valence-corrected chi connectivity index (χ1v) is 12.1. The Bertz CT molecular complexity index is 1020. The number of carbonyl (C=O) groups is 4. The van der Waals surface area contributed by atoms with Gasteiger partial charge in [0.2, 0.25) is 0 Å². The number of hydrogen-bond donors (Lipinski definition) is 0. The van der Waals surface area contributed by atoms with Gasteiger partial charge in [-0.15, -0.1) is 0 Å². The molecule has 0 bridgehead atoms. The van der Waals surface area contributed by atoms with Crippen molar-refractivity contribution in [2.45, 2.75) is 80.6 Å². The molecule has 0 aromatic rings. The summed E-state index contributed by atoms with van der Waals surface area (Å²) in [7, 11) is 0. The summed E-state index contributed by atoms with van der Waals surface area (Å²) >= 11 is 0. The van der Waals surface area contributed by atoms with Gasteiger partial charge in [0.25, 0.3) is 0 Å². The Morgan fingerprint density at radius 2 is 1.58 bits per heavy atom. The predicted octanol–water partition coefficient (Wildman–Crippen LogP) is 5.92. The molecule has 3 saturated carbocycles. The summed E-state index contributed by atoms with van der Waals surface area (Å²) < 4.78 is 0. The minimum atomic E-state index is -0.329. The molecule has 0 radical (unpaired) electrons. The van der Waals surface area contributed by atoms with E-state index in [1.165, 1.54) is 19.1 Å². The summed E-state index contributed by atoms with van der Waals surface area (Å²) in [4.78, 5) is 49.1. The molecule has 4 nitrogen and oxygen atoms in total. The monoisotopic (exact) mass is 450 g/mol. The summed E-state index contributed by atoms with van der Waals surface area (Å²) in [5, 5.41) is 0. The van der Waals surface area contributed by atoms with E-state index in [0.29, 0.717) is 30.1 Å². The molecule has 0 aliphatic heterocycles. The second-order valence-corrected chi connectivity index (χ2v) is 11.4. The van der Waals surface area contributed by atoms with Crippen molar-refractivity contribution in [1.82, 2.24) is 0 Å². The third-order valence-electron chi connectivity index (χ3n) is 8.98. The summed E-state index contributed by atoms with van der Waals surface area (Å²) in [5.41, 5.74) is 1.88. The number of allylic oxidation sites excluding steroid dienone is 8. The van der Waals surface area contributed by atoms with Gasteiger partial charge in [0, 0.05) is 29.2 Å². The Labute approximate surface area is 198 Å². The molecule has 0 N–H and O–H groups in total. The van der Waals surface area contributed by atoms with E-state index in [1.54, 1.807) is 13.0 Å². The first kappa shape index (κ1) is 25.3. The minimum Gasteiger partial charge on any atom is -0.299 e. The van der Waals surface area contributed by atoms with E-state index in [2.05, 4.69) is 27.7 Å². The van der Waals surface area contributed by atoms with Crippen molar-refractivity contribution < 1.29 is 19.2 Å². The van der Waals surface area contributed by atoms with Crippen LogP contribution in [0.2, 0.25) is 0 Å². The van der Waals surface area contributed by atoms with Crippen molar-refractivity contribution >= 4 is 23.1 Å². The molecular weight excluding hydrogens is 412 g/mol. The van der Waals surface area contributed by atoms with Crippen LogP contribution in [0.15, 0.2) is 47.1 Å². The molecule has 3 aliphatic rings. The zero-order valence-electron chi connectivity index (χ0n) is 21.2. The summed E-state index contributed by atoms with van der Waals surface area (Å²) in [6, 6.07) is 0. The third-order valence-corrected chi connectivity index (χ3v) is 8.98. The van der Waals surface area contributed by atoms with Crippen LogP contribution in [0.4, 0.5) is 0 Å². The molecular formula is C29H38O4. The van der Waals surface area contributed by atoms with Crippen LogP contribution in [0, 0.1) is 28.1 Å². The van der Waals surface area contributed by atoms with Crippen LogP contribution in [0.1, 0.15) is 80.6 Å². The molecule has 0 amide bonds. The highest BCUT2D eigenvalue weighted by Gasteiger charge is 2.64. The summed E-state index contributed by atoms with van der Waals surface area (Å²) in [6.45, 7) is 13.9. The Kier molecular flexibility index (Phi) is 6.72. The largest absolute Gasteiger partial charge is 0.299 e. The van der Waals surface area contributed by atoms with E-state index in [0.717, 1.165) is 30.4 Å². The molecule has 178 valence electrons. The molecule has 0 spiro atoms. The van der Waals surface area contributed by atoms with Gasteiger partial charge in [0.05, 0.1) is 0 Å². The Morgan fingerprint density at radius 3 is 2.21 bits per heavy atom. The second-order valence-electron chi connectivity index (χ2n) is 11.4. The van der Waals surface area contributed by atoms with Gasteiger partial charge in [-0.2, -0.15) is 0 Å². The van der Waals surface area contributed by atoms with Crippen molar-refractivity contribution in [1.29, 1.82) is 0 Å². The van der Waals surface area contributed by atoms with E-state index in [9.17, 15) is 19.2 Å². The van der Waals surface area contributed by atoms with Crippen molar-refractivity contribution in [2.75, 3.05) is 0 Å². The van der Waals surface area contributed by atoms with Crippen LogP contribution in [0.25, 0.3) is 0 Å². The van der Waals surface area contributed by atoms with Gasteiger partial charge in [-0.25, -0.2) is 0 Å². The van der Waals surface area contributed by atoms with Crippen LogP contribution in [0.3, 0.4) is 0 Å². The van der Waals surface area contributed by atoms with Crippen molar-refractivity contribution in [3.05, 3.63) is 47.1 Å². The van der Waals surface area contributed by atoms with Crippen LogP contribution < -0.4 is 0 Å². The quantitative estimate of drug-likeness (QED) is 0.385. The van der Waals surface area contributed by atoms with Crippen molar-refractivity contribution in [3.63, 3.8) is 0 Å². The molecule has 0 unspecified atom stereocenters. The zero-order valence-corrected chi connectivity index (χ0v) is 21.2. The van der Waals surface area contributed by atoms with Gasteiger partial charge in [0.15, 0.2) is 17.3 Å². The average Bonchev–Trinajstić information content (AvgIpc) is 3.00. The zero-order chi connectivity index (χ0) is 24.8. The smallest absolute Gasteiger partial charge is 0.181 e. The Morgan fingerprint density at radius 1 is 0.909 bits per heavy atom. The molecule has 4 heteroatoms. The van der Waals surface area contributed by atoms with Crippen LogP contribution in [0.5, 0.6) is 0 Å². The average molecular weight is 451 g/mol. The normalized spacial score (nSPS) is 35.7. The van der Waals surface area contributed by atoms with E-state index in [4.69, 9.17) is 0 Å². The highest BCUT2D eigenvalue weighted by atomic mass is 16.1. The molecule has 3 fully saturated rings. The fourth-order valence-electron chi connectivity index (χ4n) is 7.21. The second kappa shape index (κ2) is 8.77. The molecule has 3 rings (SSSR count). The van der Waals surface area contributed by atoms with Crippen LogP contribution >= 0.6 is 0 Å². The Balaban J connectivity index is 1.90. The van der Waals surface area contributed by atoms with Gasteiger partial charge >= 0.3 is 0 Å². The number of carbonyl (C=O) groups excluding carboxylic acids is 4. The fourth-order valence-corrected chi connectivity index (χ4v) is 7.21. The molecule has 33 heavy (non-hydrogen) atoms. The maximum absolute atomic E-state index is 13.3. The van der Waals surface area contributed by atoms with E-state index < -0.39 is 0 Å². The van der Waals surface area contributed by atoms with E-state index >= 15 is 0 Å². The molecule has 0 aromatic carbocycles. The maximum Gasteiger partial charge on any atom is 0.181 e. The van der Waals surface area contributed by atoms with Gasteiger partial charge in [-0.05, 0) is 80.6 Å². The van der Waals surface area contributed by atoms with Gasteiger partial charge in [-0.1, -0.05) is 45.9 Å². The highest BCUT2D eigenvalue weighted by molar-refractivity contribution is 6.07. The highest BCUT2D eigenvalue weighted by Crippen LogP contribution is 2.68. The number of Topliss-reactive ketones (excluding diaryl/α,β-unsaturated/α-hetero) is 2. The lowest BCUT2D eigenvalue weighted by Crippen LogP contribution is -2.56. The van der Waals surface area contributed by atoms with Gasteiger partial charge < -0.3 is 0 Å². The SMILES string of the molecule is CC(=O)/C=C/C(=O)/C(C)=C/C=C/C(C)=C1\C(=O)C[C@H]2[C@@]3(C)CCC(=O)C(C)(C)[C@@H]3CC[C@]12C. The maximum atomic E-state index is 13.3. The van der Waals surface area contributed by atoms with Gasteiger partial charge in [0.1, 0.15) is 5.78 Å². The van der Waals surface area contributed by atoms with Gasteiger partial charge in [-0.3, -0.25) is 19.2 Å². The molecule has 0 aromatic heterocycles. The van der Waals surface area contributed by atoms with Crippen LogP contribution in [-0.2, 0) is 19.2 Å². The number of hydrogen-bond acceptors (Lipinski definition) is 4. The lowest BCUT2D eigenvalue weighted by Gasteiger charge is -2.60. The Hall–Kier alpha value is -2.36. The number of fused-ring (bicyclic) bond motifs is 3. The van der Waals surface area contributed by atoms with Crippen molar-refractivity contribution in [2.24, 2.45) is 28.1 Å².